The number of nitrogens with zero attached hydrogens (tertiary/aromatic N) is 3. The Labute approximate surface area is 257 Å². The van der Waals surface area contributed by atoms with Gasteiger partial charge < -0.3 is 19.7 Å². The van der Waals surface area contributed by atoms with Crippen LogP contribution in [-0.4, -0.2) is 69.7 Å². The maximum absolute atomic E-state index is 14.3. The second kappa shape index (κ2) is 15.2. The first-order chi connectivity index (χ1) is 20.8. The molecule has 44 heavy (non-hydrogen) atoms. The van der Waals surface area contributed by atoms with E-state index in [0.29, 0.717) is 17.9 Å². The van der Waals surface area contributed by atoms with Crippen molar-refractivity contribution >= 4 is 33.2 Å². The van der Waals surface area contributed by atoms with Gasteiger partial charge in [-0.2, -0.15) is 0 Å². The van der Waals surface area contributed by atoms with Crippen LogP contribution < -0.4 is 19.1 Å². The van der Waals surface area contributed by atoms with E-state index < -0.39 is 39.3 Å². The van der Waals surface area contributed by atoms with E-state index in [0.717, 1.165) is 22.2 Å². The van der Waals surface area contributed by atoms with E-state index in [1.54, 1.807) is 24.3 Å². The third-order valence-electron chi connectivity index (χ3n) is 6.76. The molecular formula is C31H38N4O8S. The van der Waals surface area contributed by atoms with Crippen LogP contribution in [-0.2, 0) is 32.6 Å². The summed E-state index contributed by atoms with van der Waals surface area (Å²) >= 11 is 0. The Balaban J connectivity index is 2.13. The second-order valence-corrected chi connectivity index (χ2v) is 12.5. The Bertz CT molecular complexity index is 1560. The van der Waals surface area contributed by atoms with Crippen molar-refractivity contribution in [3.05, 3.63) is 94.0 Å². The fourth-order valence-corrected chi connectivity index (χ4v) is 5.37. The lowest BCUT2D eigenvalue weighted by atomic mass is 10.0. The molecule has 12 nitrogen and oxygen atoms in total. The number of rotatable bonds is 15. The molecule has 3 aromatic carbocycles. The van der Waals surface area contributed by atoms with Gasteiger partial charge in [-0.15, -0.1) is 0 Å². The van der Waals surface area contributed by atoms with Crippen LogP contribution in [0, 0.1) is 16.0 Å². The Hall–Kier alpha value is -4.65. The highest BCUT2D eigenvalue weighted by atomic mass is 32.2. The summed E-state index contributed by atoms with van der Waals surface area (Å²) in [6, 6.07) is 18.6. The molecular weight excluding hydrogens is 588 g/mol. The van der Waals surface area contributed by atoms with Gasteiger partial charge in [-0.3, -0.25) is 24.0 Å². The molecule has 3 aromatic rings. The molecule has 0 bridgehead atoms. The lowest BCUT2D eigenvalue weighted by molar-refractivity contribution is -0.384. The third kappa shape index (κ3) is 9.17. The molecule has 236 valence electrons. The quantitative estimate of drug-likeness (QED) is 0.198. The Morgan fingerprint density at radius 3 is 2.23 bits per heavy atom. The van der Waals surface area contributed by atoms with Crippen LogP contribution in [0.5, 0.6) is 11.5 Å². The molecule has 0 aromatic heterocycles. The largest absolute Gasteiger partial charge is 0.497 e. The topological polar surface area (TPSA) is 148 Å². The summed E-state index contributed by atoms with van der Waals surface area (Å²) in [6.45, 7) is 3.46. The van der Waals surface area contributed by atoms with Crippen molar-refractivity contribution in [2.45, 2.75) is 32.9 Å². The predicted molar refractivity (Wildman–Crippen MR) is 167 cm³/mol. The predicted octanol–water partition coefficient (Wildman–Crippen LogP) is 3.79. The van der Waals surface area contributed by atoms with Crippen molar-refractivity contribution in [3.8, 4) is 11.5 Å². The molecule has 0 heterocycles. The number of sulfonamides is 1. The van der Waals surface area contributed by atoms with E-state index in [9.17, 15) is 28.1 Å². The van der Waals surface area contributed by atoms with Crippen LogP contribution >= 0.6 is 0 Å². The van der Waals surface area contributed by atoms with Crippen LogP contribution in [0.3, 0.4) is 0 Å². The Morgan fingerprint density at radius 2 is 1.64 bits per heavy atom. The first-order valence-electron chi connectivity index (χ1n) is 13.9. The van der Waals surface area contributed by atoms with Crippen molar-refractivity contribution in [2.24, 2.45) is 5.92 Å². The van der Waals surface area contributed by atoms with Crippen molar-refractivity contribution in [1.29, 1.82) is 0 Å². The second-order valence-electron chi connectivity index (χ2n) is 10.6. The summed E-state index contributed by atoms with van der Waals surface area (Å²) in [7, 11) is -1.37. The number of amides is 2. The number of carbonyl (C=O) groups excluding carboxylic acids is 2. The molecule has 0 aliphatic rings. The lowest BCUT2D eigenvalue weighted by Gasteiger charge is -2.34. The van der Waals surface area contributed by atoms with E-state index in [4.69, 9.17) is 9.47 Å². The fraction of sp³-hybridized carbons (Fsp3) is 0.355. The number of benzene rings is 3. The number of hydrogen-bond donors (Lipinski definition) is 1. The maximum atomic E-state index is 14.3. The molecule has 2 amide bonds. The number of non-ortho nitro benzene ring substituents is 1. The van der Waals surface area contributed by atoms with Crippen molar-refractivity contribution in [1.82, 2.24) is 10.2 Å². The number of ether oxygens (including phenoxy) is 2. The highest BCUT2D eigenvalue weighted by molar-refractivity contribution is 7.92. The number of anilines is 1. The molecule has 0 saturated carbocycles. The summed E-state index contributed by atoms with van der Waals surface area (Å²) in [5.41, 5.74) is 0.875. The molecule has 1 N–H and O–H groups in total. The number of hydrogen-bond acceptors (Lipinski definition) is 8. The fourth-order valence-electron chi connectivity index (χ4n) is 4.53. The number of nitrogens with one attached hydrogen (secondary N) is 1. The third-order valence-corrected chi connectivity index (χ3v) is 7.89. The summed E-state index contributed by atoms with van der Waals surface area (Å²) < 4.78 is 37.6. The molecule has 0 fully saturated rings. The zero-order chi connectivity index (χ0) is 32.4. The SMILES string of the molecule is COc1cccc(CN(C(=O)CN(c2cc([N+](=O)[O-])ccc2OC)S(C)(=O)=O)[C@@H](Cc2ccccc2)C(=O)NCC(C)C)c1. The average molecular weight is 627 g/mol. The van der Waals surface area contributed by atoms with Gasteiger partial charge in [-0.1, -0.05) is 56.3 Å². The number of methoxy groups -OCH3 is 2. The van der Waals surface area contributed by atoms with Crippen LogP contribution in [0.4, 0.5) is 11.4 Å². The van der Waals surface area contributed by atoms with E-state index >= 15 is 0 Å². The molecule has 0 unspecified atom stereocenters. The van der Waals surface area contributed by atoms with Crippen LogP contribution in [0.1, 0.15) is 25.0 Å². The molecule has 13 heteroatoms. The zero-order valence-electron chi connectivity index (χ0n) is 25.4. The molecule has 0 spiro atoms. The molecule has 0 radical (unpaired) electrons. The molecule has 1 atom stereocenters. The van der Waals surface area contributed by atoms with Gasteiger partial charge in [0.2, 0.25) is 21.8 Å². The zero-order valence-corrected chi connectivity index (χ0v) is 26.2. The van der Waals surface area contributed by atoms with Gasteiger partial charge >= 0.3 is 0 Å². The summed E-state index contributed by atoms with van der Waals surface area (Å²) in [5.74, 6) is -0.410. The van der Waals surface area contributed by atoms with Gasteiger partial charge in [0.25, 0.3) is 5.69 Å². The lowest BCUT2D eigenvalue weighted by Crippen LogP contribution is -2.53. The summed E-state index contributed by atoms with van der Waals surface area (Å²) in [6.07, 6.45) is 1.04. The molecule has 0 aliphatic heterocycles. The van der Waals surface area contributed by atoms with Gasteiger partial charge in [0.15, 0.2) is 0 Å². The van der Waals surface area contributed by atoms with Crippen LogP contribution in [0.15, 0.2) is 72.8 Å². The van der Waals surface area contributed by atoms with Crippen LogP contribution in [0.2, 0.25) is 0 Å². The minimum absolute atomic E-state index is 0.0173. The first-order valence-corrected chi connectivity index (χ1v) is 15.7. The van der Waals surface area contributed by atoms with Crippen molar-refractivity contribution < 1.29 is 32.4 Å². The standard InChI is InChI=1S/C31H38N4O8S/c1-22(2)19-32-31(37)28(17-23-10-7-6-8-11-23)33(20-24-12-9-13-26(16-24)42-3)30(36)21-34(44(5,40)41)27-18-25(35(38)39)14-15-29(27)43-4/h6-16,18,22,28H,17,19-21H2,1-5H3,(H,32,37)/t28-/m0/s1. The van der Waals surface area contributed by atoms with Crippen molar-refractivity contribution in [3.63, 3.8) is 0 Å². The normalized spacial score (nSPS) is 11.9. The molecule has 0 aliphatic carbocycles. The Kier molecular flexibility index (Phi) is 11.7. The number of nitro benzene ring substituents is 1. The van der Waals surface area contributed by atoms with Crippen LogP contribution in [0.25, 0.3) is 0 Å². The maximum Gasteiger partial charge on any atom is 0.271 e. The minimum atomic E-state index is -4.17. The van der Waals surface area contributed by atoms with E-state index in [1.807, 2.05) is 44.2 Å². The highest BCUT2D eigenvalue weighted by Crippen LogP contribution is 2.34. The average Bonchev–Trinajstić information content (AvgIpc) is 2.99. The monoisotopic (exact) mass is 626 g/mol. The summed E-state index contributed by atoms with van der Waals surface area (Å²) in [4.78, 5) is 40.2. The van der Waals surface area contributed by atoms with Gasteiger partial charge in [0, 0.05) is 31.6 Å². The van der Waals surface area contributed by atoms with E-state index in [-0.39, 0.29) is 36.0 Å². The van der Waals surface area contributed by atoms with Gasteiger partial charge in [0.05, 0.1) is 25.4 Å². The molecule has 3 rings (SSSR count). The van der Waals surface area contributed by atoms with Crippen molar-refractivity contribution in [2.75, 3.05) is 37.9 Å². The smallest absolute Gasteiger partial charge is 0.271 e. The van der Waals surface area contributed by atoms with Gasteiger partial charge in [-0.05, 0) is 35.2 Å². The van der Waals surface area contributed by atoms with Gasteiger partial charge in [-0.25, -0.2) is 8.42 Å². The first kappa shape index (κ1) is 33.8. The number of nitro groups is 1. The summed E-state index contributed by atoms with van der Waals surface area (Å²) in [5, 5.41) is 14.4. The molecule has 0 saturated heterocycles. The minimum Gasteiger partial charge on any atom is -0.497 e. The number of carbonyl (C=O) groups is 2. The van der Waals surface area contributed by atoms with E-state index in [2.05, 4.69) is 5.32 Å². The van der Waals surface area contributed by atoms with Gasteiger partial charge in [0.1, 0.15) is 29.8 Å². The van der Waals surface area contributed by atoms with E-state index in [1.165, 1.54) is 31.3 Å². The highest BCUT2D eigenvalue weighted by Gasteiger charge is 2.34. The Morgan fingerprint density at radius 1 is 0.955 bits per heavy atom.